The Kier molecular flexibility index (Phi) is 4.62. The monoisotopic (exact) mass is 421 g/mol. The first-order valence-corrected chi connectivity index (χ1v) is 11.2. The summed E-state index contributed by atoms with van der Waals surface area (Å²) in [6.07, 6.45) is 6.84. The van der Waals surface area contributed by atoms with Crippen LogP contribution in [0.15, 0.2) is 18.3 Å². The molecule has 2 aromatic heterocycles. The molecule has 7 heteroatoms. The van der Waals surface area contributed by atoms with E-state index in [9.17, 15) is 9.90 Å². The Morgan fingerprint density at radius 3 is 2.87 bits per heavy atom. The molecule has 2 aliphatic carbocycles. The fraction of sp³-hybridized carbons (Fsp3) is 0.500. The van der Waals surface area contributed by atoms with Crippen molar-refractivity contribution in [3.63, 3.8) is 0 Å². The first kappa shape index (κ1) is 20.1. The number of nitrogen functional groups attached to an aromatic ring is 1. The molecule has 1 fully saturated rings. The van der Waals surface area contributed by atoms with Crippen LogP contribution in [0.2, 0.25) is 0 Å². The number of Topliss-reactive ketones (excluding diaryl/α,β-unsaturated/α-hetero) is 1. The number of aromatic nitrogens is 3. The molecule has 7 nitrogen and oxygen atoms in total. The highest BCUT2D eigenvalue weighted by Crippen LogP contribution is 2.39. The summed E-state index contributed by atoms with van der Waals surface area (Å²) in [6.45, 7) is 6.32. The molecular weight excluding hydrogens is 390 g/mol. The van der Waals surface area contributed by atoms with E-state index < -0.39 is 0 Å². The Balaban J connectivity index is 1.62. The zero-order valence-electron chi connectivity index (χ0n) is 18.5. The number of fused-ring (bicyclic) bond motifs is 2. The molecule has 5 N–H and O–H groups in total. The summed E-state index contributed by atoms with van der Waals surface area (Å²) >= 11 is 0. The first-order chi connectivity index (χ1) is 14.7. The van der Waals surface area contributed by atoms with Crippen molar-refractivity contribution in [2.75, 3.05) is 11.1 Å². The van der Waals surface area contributed by atoms with Crippen LogP contribution in [0.5, 0.6) is 0 Å². The average molecular weight is 422 g/mol. The molecule has 3 aromatic rings. The van der Waals surface area contributed by atoms with Gasteiger partial charge in [0.1, 0.15) is 0 Å². The molecule has 0 spiro atoms. The molecule has 0 bridgehead atoms. The molecule has 2 heterocycles. The number of rotatable bonds is 3. The minimum absolute atomic E-state index is 0.0611. The lowest BCUT2D eigenvalue weighted by molar-refractivity contribution is 0.0910. The van der Waals surface area contributed by atoms with Gasteiger partial charge >= 0.3 is 0 Å². The third kappa shape index (κ3) is 3.51. The zero-order valence-corrected chi connectivity index (χ0v) is 18.5. The highest BCUT2D eigenvalue weighted by molar-refractivity contribution is 6.02. The van der Waals surface area contributed by atoms with Crippen molar-refractivity contribution in [1.82, 2.24) is 14.8 Å². The molecular formula is C24H31N5O2. The second-order valence-electron chi connectivity index (χ2n) is 10.1. The first-order valence-electron chi connectivity index (χ1n) is 11.2. The number of nitrogens with zero attached hydrogens (tertiary/aromatic N) is 2. The topological polar surface area (TPSA) is 109 Å². The number of anilines is 2. The molecule has 0 saturated heterocycles. The molecule has 0 radical (unpaired) electrons. The molecule has 0 amide bonds. The molecule has 164 valence electrons. The van der Waals surface area contributed by atoms with Gasteiger partial charge in [0.2, 0.25) is 0 Å². The number of aryl methyl sites for hydroxylation is 1. The van der Waals surface area contributed by atoms with E-state index >= 15 is 0 Å². The second-order valence-corrected chi connectivity index (χ2v) is 10.1. The summed E-state index contributed by atoms with van der Waals surface area (Å²) in [5.41, 5.74) is 11.8. The predicted octanol–water partition coefficient (Wildman–Crippen LogP) is 4.11. The largest absolute Gasteiger partial charge is 0.393 e. The summed E-state index contributed by atoms with van der Waals surface area (Å²) in [4.78, 5) is 12.9. The highest BCUT2D eigenvalue weighted by atomic mass is 16.3. The van der Waals surface area contributed by atoms with E-state index in [0.29, 0.717) is 12.2 Å². The van der Waals surface area contributed by atoms with Crippen LogP contribution in [0.25, 0.3) is 16.6 Å². The van der Waals surface area contributed by atoms with Crippen LogP contribution < -0.4 is 11.1 Å². The number of H-pyrrole nitrogens is 1. The van der Waals surface area contributed by atoms with Gasteiger partial charge in [0.25, 0.3) is 0 Å². The van der Waals surface area contributed by atoms with E-state index in [1.807, 2.05) is 13.0 Å². The van der Waals surface area contributed by atoms with Crippen molar-refractivity contribution >= 4 is 28.2 Å². The van der Waals surface area contributed by atoms with Crippen LogP contribution in [0, 0.1) is 12.3 Å². The predicted molar refractivity (Wildman–Crippen MR) is 123 cm³/mol. The van der Waals surface area contributed by atoms with Crippen molar-refractivity contribution in [1.29, 1.82) is 0 Å². The van der Waals surface area contributed by atoms with Gasteiger partial charge in [0.15, 0.2) is 11.6 Å². The SMILES string of the molecule is Cc1cn(-c2cc(NC3CCCC(O)C3)c3c(N)n[nH]c3c2)c2c1C(=O)CC(C)(C)C2. The Bertz CT molecular complexity index is 1170. The maximum Gasteiger partial charge on any atom is 0.165 e. The molecule has 2 atom stereocenters. The van der Waals surface area contributed by atoms with Crippen molar-refractivity contribution in [2.24, 2.45) is 5.41 Å². The lowest BCUT2D eigenvalue weighted by atomic mass is 9.75. The van der Waals surface area contributed by atoms with Crippen molar-refractivity contribution < 1.29 is 9.90 Å². The number of aliphatic hydroxyl groups is 1. The number of ketones is 1. The van der Waals surface area contributed by atoms with E-state index in [-0.39, 0.29) is 23.3 Å². The maximum atomic E-state index is 12.9. The van der Waals surface area contributed by atoms with Crippen LogP contribution in [-0.4, -0.2) is 37.8 Å². The van der Waals surface area contributed by atoms with E-state index in [1.54, 1.807) is 0 Å². The molecule has 0 aliphatic heterocycles. The van der Waals surface area contributed by atoms with Crippen LogP contribution in [0.3, 0.4) is 0 Å². The van der Waals surface area contributed by atoms with Gasteiger partial charge in [-0.3, -0.25) is 9.89 Å². The van der Waals surface area contributed by atoms with Crippen LogP contribution >= 0.6 is 0 Å². The fourth-order valence-corrected chi connectivity index (χ4v) is 5.44. The van der Waals surface area contributed by atoms with Gasteiger partial charge < -0.3 is 20.7 Å². The quantitative estimate of drug-likeness (QED) is 0.509. The fourth-order valence-electron chi connectivity index (χ4n) is 5.44. The molecule has 2 aliphatic rings. The van der Waals surface area contributed by atoms with E-state index in [1.165, 1.54) is 0 Å². The number of nitrogens with two attached hydrogens (primary N) is 1. The van der Waals surface area contributed by atoms with Gasteiger partial charge in [-0.15, -0.1) is 0 Å². The van der Waals surface area contributed by atoms with Crippen LogP contribution in [0.4, 0.5) is 11.5 Å². The van der Waals surface area contributed by atoms with Gasteiger partial charge in [-0.1, -0.05) is 13.8 Å². The number of hydrogen-bond donors (Lipinski definition) is 4. The number of benzene rings is 1. The molecule has 1 saturated carbocycles. The van der Waals surface area contributed by atoms with Gasteiger partial charge in [-0.25, -0.2) is 0 Å². The van der Waals surface area contributed by atoms with Crippen molar-refractivity contribution in [2.45, 2.75) is 71.4 Å². The summed E-state index contributed by atoms with van der Waals surface area (Å²) in [5.74, 6) is 0.686. The lowest BCUT2D eigenvalue weighted by Crippen LogP contribution is -2.30. The highest BCUT2D eigenvalue weighted by Gasteiger charge is 2.35. The number of carbonyl (C=O) groups excluding carboxylic acids is 1. The van der Waals surface area contributed by atoms with Crippen molar-refractivity contribution in [3.8, 4) is 5.69 Å². The Labute approximate surface area is 182 Å². The smallest absolute Gasteiger partial charge is 0.165 e. The Morgan fingerprint density at radius 2 is 2.10 bits per heavy atom. The van der Waals surface area contributed by atoms with Crippen molar-refractivity contribution in [3.05, 3.63) is 35.2 Å². The summed E-state index contributed by atoms with van der Waals surface area (Å²) in [5, 5.41) is 21.9. The molecule has 5 rings (SSSR count). The number of aromatic amines is 1. The van der Waals surface area contributed by atoms with Crippen LogP contribution in [-0.2, 0) is 6.42 Å². The maximum absolute atomic E-state index is 12.9. The van der Waals surface area contributed by atoms with Crippen LogP contribution in [0.1, 0.15) is 67.6 Å². The molecule has 31 heavy (non-hydrogen) atoms. The number of hydrogen-bond acceptors (Lipinski definition) is 5. The average Bonchev–Trinajstić information content (AvgIpc) is 3.21. The van der Waals surface area contributed by atoms with E-state index in [4.69, 9.17) is 5.73 Å². The van der Waals surface area contributed by atoms with Gasteiger partial charge in [-0.05, 0) is 62.1 Å². The standard InChI is InChI=1S/C24H31N5O2/c1-13-12-29(19-10-24(2,3)11-20(31)21(13)19)15-8-17(22-18(9-15)27-28-23(22)25)26-14-5-4-6-16(30)7-14/h8-9,12,14,16,26,30H,4-7,10-11H2,1-3H3,(H3,25,27,28). The Morgan fingerprint density at radius 1 is 1.29 bits per heavy atom. The third-order valence-electron chi connectivity index (χ3n) is 6.82. The van der Waals surface area contributed by atoms with Gasteiger partial charge in [-0.2, -0.15) is 5.10 Å². The molecule has 1 aromatic carbocycles. The minimum Gasteiger partial charge on any atom is -0.393 e. The third-order valence-corrected chi connectivity index (χ3v) is 6.82. The zero-order chi connectivity index (χ0) is 21.9. The summed E-state index contributed by atoms with van der Waals surface area (Å²) in [7, 11) is 0. The number of carbonyl (C=O) groups is 1. The normalized spacial score (nSPS) is 23.2. The van der Waals surface area contributed by atoms with Gasteiger partial charge in [0.05, 0.1) is 17.0 Å². The second kappa shape index (κ2) is 7.12. The minimum atomic E-state index is -0.265. The lowest BCUT2D eigenvalue weighted by Gasteiger charge is -2.30. The number of nitrogens with one attached hydrogen (secondary N) is 2. The number of aliphatic hydroxyl groups excluding tert-OH is 1. The summed E-state index contributed by atoms with van der Waals surface area (Å²) < 4.78 is 2.15. The van der Waals surface area contributed by atoms with E-state index in [2.05, 4.69) is 46.2 Å². The van der Waals surface area contributed by atoms with E-state index in [0.717, 1.165) is 71.2 Å². The van der Waals surface area contributed by atoms with Gasteiger partial charge in [0, 0.05) is 41.3 Å². The summed E-state index contributed by atoms with van der Waals surface area (Å²) in [6, 6.07) is 4.34. The Hall–Kier alpha value is -2.80. The molecule has 2 unspecified atom stereocenters.